The Kier molecular flexibility index (Phi) is 5.28. The van der Waals surface area contributed by atoms with Crippen LogP contribution in [0, 0.1) is 0 Å². The lowest BCUT2D eigenvalue weighted by Crippen LogP contribution is -2.22. The molecule has 0 unspecified atom stereocenters. The van der Waals surface area contributed by atoms with E-state index in [1.54, 1.807) is 53.5 Å². The summed E-state index contributed by atoms with van der Waals surface area (Å²) in [4.78, 5) is 28.3. The maximum atomic E-state index is 12.5. The van der Waals surface area contributed by atoms with E-state index in [-0.39, 0.29) is 17.9 Å². The van der Waals surface area contributed by atoms with Gasteiger partial charge in [0.25, 0.3) is 0 Å². The summed E-state index contributed by atoms with van der Waals surface area (Å²) >= 11 is 0. The topological polar surface area (TPSA) is 104 Å². The van der Waals surface area contributed by atoms with Crippen molar-refractivity contribution in [1.82, 2.24) is 24.5 Å². The van der Waals surface area contributed by atoms with E-state index in [9.17, 15) is 9.59 Å². The molecule has 2 aromatic heterocycles. The summed E-state index contributed by atoms with van der Waals surface area (Å²) in [5, 5.41) is 11.4. The summed E-state index contributed by atoms with van der Waals surface area (Å²) in [6.07, 6.45) is 4.31. The second kappa shape index (κ2) is 8.34. The van der Waals surface area contributed by atoms with Crippen molar-refractivity contribution in [3.05, 3.63) is 77.6 Å². The predicted molar refractivity (Wildman–Crippen MR) is 107 cm³/mol. The Morgan fingerprint density at radius 3 is 2.86 bits per heavy atom. The van der Waals surface area contributed by atoms with Gasteiger partial charge in [-0.05, 0) is 24.3 Å². The maximum absolute atomic E-state index is 12.5. The lowest BCUT2D eigenvalue weighted by atomic mass is 10.2. The molecule has 146 valence electrons. The lowest BCUT2D eigenvalue weighted by molar-refractivity contribution is -0.116. The van der Waals surface area contributed by atoms with E-state index >= 15 is 0 Å². The van der Waals surface area contributed by atoms with Crippen LogP contribution in [0.15, 0.2) is 72.2 Å². The molecule has 0 aliphatic heterocycles. The number of carbonyl (C=O) groups excluding carboxylic acids is 1. The van der Waals surface area contributed by atoms with Crippen molar-refractivity contribution in [2.24, 2.45) is 0 Å². The van der Waals surface area contributed by atoms with Crippen LogP contribution in [0.5, 0.6) is 5.75 Å². The molecule has 1 N–H and O–H groups in total. The summed E-state index contributed by atoms with van der Waals surface area (Å²) in [6, 6.07) is 14.2. The molecule has 0 radical (unpaired) electrons. The van der Waals surface area contributed by atoms with E-state index in [0.29, 0.717) is 35.5 Å². The van der Waals surface area contributed by atoms with E-state index < -0.39 is 0 Å². The molecule has 29 heavy (non-hydrogen) atoms. The minimum Gasteiger partial charge on any atom is -0.492 e. The van der Waals surface area contributed by atoms with Crippen molar-refractivity contribution in [3.8, 4) is 5.75 Å². The largest absolute Gasteiger partial charge is 0.492 e. The quantitative estimate of drug-likeness (QED) is 0.515. The summed E-state index contributed by atoms with van der Waals surface area (Å²) in [7, 11) is 0. The molecule has 0 saturated carbocycles. The van der Waals surface area contributed by atoms with Crippen LogP contribution in [-0.4, -0.2) is 37.1 Å². The molecule has 2 heterocycles. The number of anilines is 1. The second-order valence-corrected chi connectivity index (χ2v) is 6.27. The number of hydrogen-bond donors (Lipinski definition) is 1. The van der Waals surface area contributed by atoms with Gasteiger partial charge in [-0.1, -0.05) is 18.2 Å². The van der Waals surface area contributed by atoms with E-state index in [1.165, 1.54) is 17.2 Å². The van der Waals surface area contributed by atoms with Gasteiger partial charge in [0, 0.05) is 17.1 Å². The van der Waals surface area contributed by atoms with Gasteiger partial charge in [-0.3, -0.25) is 14.3 Å². The third kappa shape index (κ3) is 4.46. The van der Waals surface area contributed by atoms with Gasteiger partial charge in [0.05, 0.1) is 18.3 Å². The van der Waals surface area contributed by atoms with Gasteiger partial charge in [-0.15, -0.1) is 0 Å². The molecule has 0 fully saturated rings. The number of carbonyl (C=O) groups is 1. The Balaban J connectivity index is 1.40. The highest BCUT2D eigenvalue weighted by Gasteiger charge is 2.09. The van der Waals surface area contributed by atoms with Gasteiger partial charge in [-0.25, -0.2) is 9.67 Å². The van der Waals surface area contributed by atoms with E-state index in [1.807, 2.05) is 6.07 Å². The number of amides is 1. The number of rotatable bonds is 7. The molecule has 0 bridgehead atoms. The molecular weight excluding hydrogens is 372 g/mol. The maximum Gasteiger partial charge on any atom is 0.246 e. The van der Waals surface area contributed by atoms with Gasteiger partial charge >= 0.3 is 0 Å². The van der Waals surface area contributed by atoms with E-state index in [2.05, 4.69) is 20.5 Å². The smallest absolute Gasteiger partial charge is 0.246 e. The van der Waals surface area contributed by atoms with Crippen molar-refractivity contribution in [2.75, 3.05) is 11.9 Å². The number of benzene rings is 2. The average molecular weight is 390 g/mol. The van der Waals surface area contributed by atoms with Gasteiger partial charge in [0.2, 0.25) is 11.3 Å². The molecule has 0 aliphatic carbocycles. The first-order valence-electron chi connectivity index (χ1n) is 8.99. The Hall–Kier alpha value is -4.01. The van der Waals surface area contributed by atoms with Gasteiger partial charge in [0.15, 0.2) is 0 Å². The molecule has 0 atom stereocenters. The van der Waals surface area contributed by atoms with Crippen LogP contribution in [0.3, 0.4) is 0 Å². The van der Waals surface area contributed by atoms with Gasteiger partial charge in [0.1, 0.15) is 31.6 Å². The van der Waals surface area contributed by atoms with Crippen molar-refractivity contribution in [3.63, 3.8) is 0 Å². The fourth-order valence-corrected chi connectivity index (χ4v) is 2.89. The van der Waals surface area contributed by atoms with Crippen LogP contribution in [0.4, 0.5) is 5.69 Å². The van der Waals surface area contributed by atoms with Crippen LogP contribution in [0.1, 0.15) is 0 Å². The van der Waals surface area contributed by atoms with Gasteiger partial charge < -0.3 is 10.1 Å². The fraction of sp³-hybridized carbons (Fsp3) is 0.150. The zero-order valence-corrected chi connectivity index (χ0v) is 15.4. The van der Waals surface area contributed by atoms with Crippen molar-refractivity contribution in [2.45, 2.75) is 13.1 Å². The summed E-state index contributed by atoms with van der Waals surface area (Å²) in [5.41, 5.74) is 1.05. The van der Waals surface area contributed by atoms with Crippen molar-refractivity contribution in [1.29, 1.82) is 0 Å². The minimum absolute atomic E-state index is 0.0157. The number of fused-ring (bicyclic) bond motifs is 1. The Bertz CT molecular complexity index is 1190. The van der Waals surface area contributed by atoms with E-state index in [0.717, 1.165) is 0 Å². The number of para-hydroxylation sites is 1. The molecule has 4 aromatic rings. The SMILES string of the molecule is O=C(Cn1ncc(=O)c2ccccc21)Nc1cccc(OCCn2cncn2)c1. The van der Waals surface area contributed by atoms with E-state index in [4.69, 9.17) is 4.74 Å². The van der Waals surface area contributed by atoms with Crippen LogP contribution in [-0.2, 0) is 17.9 Å². The molecule has 4 rings (SSSR count). The first-order chi connectivity index (χ1) is 14.2. The Morgan fingerprint density at radius 2 is 2.00 bits per heavy atom. The Labute approximate surface area is 165 Å². The summed E-state index contributed by atoms with van der Waals surface area (Å²) in [5.74, 6) is 0.376. The first kappa shape index (κ1) is 18.4. The van der Waals surface area contributed by atoms with Crippen molar-refractivity contribution < 1.29 is 9.53 Å². The number of aromatic nitrogens is 5. The van der Waals surface area contributed by atoms with Crippen LogP contribution < -0.4 is 15.5 Å². The molecule has 0 spiro atoms. The molecule has 9 nitrogen and oxygen atoms in total. The predicted octanol–water partition coefficient (Wildman–Crippen LogP) is 1.71. The number of nitrogens with zero attached hydrogens (tertiary/aromatic N) is 5. The van der Waals surface area contributed by atoms with Crippen LogP contribution in [0.25, 0.3) is 10.9 Å². The second-order valence-electron chi connectivity index (χ2n) is 6.27. The fourth-order valence-electron chi connectivity index (χ4n) is 2.89. The molecule has 0 aliphatic rings. The highest BCUT2D eigenvalue weighted by atomic mass is 16.5. The summed E-state index contributed by atoms with van der Waals surface area (Å²) in [6.45, 7) is 0.980. The Morgan fingerprint density at radius 1 is 1.10 bits per heavy atom. The van der Waals surface area contributed by atoms with Gasteiger partial charge in [-0.2, -0.15) is 10.2 Å². The molecule has 1 amide bonds. The third-order valence-electron chi connectivity index (χ3n) is 4.23. The van der Waals surface area contributed by atoms with Crippen LogP contribution >= 0.6 is 0 Å². The minimum atomic E-state index is -0.258. The molecule has 2 aromatic carbocycles. The standard InChI is InChI=1S/C20H18N6O3/c27-19-11-22-26(18-7-2-1-6-17(18)19)12-20(28)24-15-4-3-5-16(10-15)29-9-8-25-14-21-13-23-25/h1-7,10-11,13-14H,8-9,12H2,(H,24,28). The van der Waals surface area contributed by atoms with Crippen LogP contribution in [0.2, 0.25) is 0 Å². The zero-order chi connectivity index (χ0) is 20.1. The molecule has 9 heteroatoms. The molecular formula is C20H18N6O3. The monoisotopic (exact) mass is 390 g/mol. The third-order valence-corrected chi connectivity index (χ3v) is 4.23. The highest BCUT2D eigenvalue weighted by Crippen LogP contribution is 2.17. The summed E-state index contributed by atoms with van der Waals surface area (Å²) < 4.78 is 8.88. The number of nitrogens with one attached hydrogen (secondary N) is 1. The average Bonchev–Trinajstić information content (AvgIpc) is 3.24. The normalized spacial score (nSPS) is 10.8. The first-order valence-corrected chi connectivity index (χ1v) is 8.99. The highest BCUT2D eigenvalue weighted by molar-refractivity contribution is 5.91. The zero-order valence-electron chi connectivity index (χ0n) is 15.4. The molecule has 0 saturated heterocycles. The lowest BCUT2D eigenvalue weighted by Gasteiger charge is -2.11. The number of hydrogen-bond acceptors (Lipinski definition) is 6. The number of ether oxygens (including phenoxy) is 1. The van der Waals surface area contributed by atoms with Crippen molar-refractivity contribution >= 4 is 22.5 Å².